The molecule has 0 unspecified atom stereocenters. The largest absolute Gasteiger partial charge is 0.312 e. The van der Waals surface area contributed by atoms with Gasteiger partial charge in [-0.15, -0.1) is 0 Å². The predicted molar refractivity (Wildman–Crippen MR) is 75.8 cm³/mol. The molecule has 0 aromatic heterocycles. The van der Waals surface area contributed by atoms with Crippen LogP contribution in [0.5, 0.6) is 0 Å². The molecule has 18 heavy (non-hydrogen) atoms. The molecule has 0 atom stereocenters. The van der Waals surface area contributed by atoms with Crippen molar-refractivity contribution >= 4 is 0 Å². The molecule has 0 bridgehead atoms. The molecular weight excluding hydrogens is 220 g/mol. The van der Waals surface area contributed by atoms with E-state index in [2.05, 4.69) is 28.4 Å². The summed E-state index contributed by atoms with van der Waals surface area (Å²) in [5.74, 6) is 0. The van der Waals surface area contributed by atoms with Crippen molar-refractivity contribution in [2.45, 2.75) is 38.6 Å². The normalized spacial score (nSPS) is 20.7. The van der Waals surface area contributed by atoms with Gasteiger partial charge in [0.15, 0.2) is 0 Å². The molecule has 1 aromatic rings. The monoisotopic (exact) mass is 244 g/mol. The molecule has 1 aromatic carbocycles. The van der Waals surface area contributed by atoms with Crippen molar-refractivity contribution in [2.24, 2.45) is 0 Å². The van der Waals surface area contributed by atoms with Gasteiger partial charge in [0, 0.05) is 13.1 Å². The van der Waals surface area contributed by atoms with Gasteiger partial charge in [0.1, 0.15) is 0 Å². The topological polar surface area (TPSA) is 15.3 Å². The van der Waals surface area contributed by atoms with Crippen LogP contribution in [0.4, 0.5) is 0 Å². The van der Waals surface area contributed by atoms with Crippen molar-refractivity contribution in [3.63, 3.8) is 0 Å². The number of hydrogen-bond donors (Lipinski definition) is 1. The second-order valence-electron chi connectivity index (χ2n) is 5.63. The maximum absolute atomic E-state index is 3.51. The third-order valence-corrected chi connectivity index (χ3v) is 4.39. The third-order valence-electron chi connectivity index (χ3n) is 4.39. The lowest BCUT2D eigenvalue weighted by Gasteiger charge is -2.27. The summed E-state index contributed by atoms with van der Waals surface area (Å²) in [4.78, 5) is 2.64. The fourth-order valence-corrected chi connectivity index (χ4v) is 3.28. The van der Waals surface area contributed by atoms with Crippen LogP contribution in [0.2, 0.25) is 0 Å². The fraction of sp³-hybridized carbons (Fsp3) is 0.625. The first-order valence-electron chi connectivity index (χ1n) is 7.46. The molecule has 2 aliphatic rings. The summed E-state index contributed by atoms with van der Waals surface area (Å²) in [7, 11) is 0. The standard InChI is InChI=1S/C16H24N2/c1-2-10-18(11-3-1)12-8-15-6-4-5-14-7-9-17-13-16(14)15/h4-6,17H,1-3,7-13H2. The Morgan fingerprint density at radius 1 is 1.11 bits per heavy atom. The SMILES string of the molecule is c1cc2c(c(CCN3CCCCC3)c1)CNCC2. The first kappa shape index (κ1) is 12.2. The molecule has 2 nitrogen and oxygen atoms in total. The maximum atomic E-state index is 3.51. The van der Waals surface area contributed by atoms with Crippen molar-refractivity contribution in [1.29, 1.82) is 0 Å². The van der Waals surface area contributed by atoms with Crippen LogP contribution in [0, 0.1) is 0 Å². The molecule has 0 aliphatic carbocycles. The Balaban J connectivity index is 1.65. The zero-order valence-corrected chi connectivity index (χ0v) is 11.3. The molecule has 2 heteroatoms. The van der Waals surface area contributed by atoms with Crippen LogP contribution in [0.1, 0.15) is 36.0 Å². The van der Waals surface area contributed by atoms with Gasteiger partial charge in [-0.25, -0.2) is 0 Å². The highest BCUT2D eigenvalue weighted by atomic mass is 15.1. The van der Waals surface area contributed by atoms with Crippen molar-refractivity contribution in [3.05, 3.63) is 34.9 Å². The number of piperidine rings is 1. The van der Waals surface area contributed by atoms with E-state index < -0.39 is 0 Å². The average Bonchev–Trinajstić information content (AvgIpc) is 2.46. The van der Waals surface area contributed by atoms with Gasteiger partial charge in [-0.1, -0.05) is 24.6 Å². The minimum Gasteiger partial charge on any atom is -0.312 e. The molecule has 1 N–H and O–H groups in total. The van der Waals surface area contributed by atoms with Crippen LogP contribution in [0.15, 0.2) is 18.2 Å². The zero-order valence-electron chi connectivity index (χ0n) is 11.3. The van der Waals surface area contributed by atoms with Gasteiger partial charge in [0.05, 0.1) is 0 Å². The number of hydrogen-bond acceptors (Lipinski definition) is 2. The smallest absolute Gasteiger partial charge is 0.0211 e. The minimum atomic E-state index is 1.07. The van der Waals surface area contributed by atoms with E-state index in [0.29, 0.717) is 0 Å². The van der Waals surface area contributed by atoms with Gasteiger partial charge in [-0.2, -0.15) is 0 Å². The van der Waals surface area contributed by atoms with E-state index >= 15 is 0 Å². The van der Waals surface area contributed by atoms with E-state index in [-0.39, 0.29) is 0 Å². The zero-order chi connectivity index (χ0) is 12.2. The van der Waals surface area contributed by atoms with Crippen LogP contribution in [-0.4, -0.2) is 31.1 Å². The molecule has 1 fully saturated rings. The van der Waals surface area contributed by atoms with E-state index in [0.717, 1.165) is 13.1 Å². The fourth-order valence-electron chi connectivity index (χ4n) is 3.28. The Morgan fingerprint density at radius 2 is 2.00 bits per heavy atom. The number of rotatable bonds is 3. The number of benzene rings is 1. The summed E-state index contributed by atoms with van der Waals surface area (Å²) in [5.41, 5.74) is 4.73. The molecule has 98 valence electrons. The summed E-state index contributed by atoms with van der Waals surface area (Å²) in [6.45, 7) is 6.09. The highest BCUT2D eigenvalue weighted by Crippen LogP contribution is 2.19. The van der Waals surface area contributed by atoms with Gasteiger partial charge >= 0.3 is 0 Å². The maximum Gasteiger partial charge on any atom is 0.0211 e. The lowest BCUT2D eigenvalue weighted by molar-refractivity contribution is 0.231. The molecular formula is C16H24N2. The second-order valence-corrected chi connectivity index (χ2v) is 5.63. The van der Waals surface area contributed by atoms with Crippen LogP contribution < -0.4 is 5.32 Å². The van der Waals surface area contributed by atoms with Crippen LogP contribution >= 0.6 is 0 Å². The minimum absolute atomic E-state index is 1.07. The molecule has 3 rings (SSSR count). The number of nitrogens with zero attached hydrogens (tertiary/aromatic N) is 1. The van der Waals surface area contributed by atoms with E-state index in [1.807, 2.05) is 0 Å². The number of fused-ring (bicyclic) bond motifs is 1. The summed E-state index contributed by atoms with van der Waals surface area (Å²) in [5, 5.41) is 3.51. The Labute approximate surface area is 110 Å². The Morgan fingerprint density at radius 3 is 2.89 bits per heavy atom. The van der Waals surface area contributed by atoms with Crippen LogP contribution in [0.25, 0.3) is 0 Å². The predicted octanol–water partition coefficient (Wildman–Crippen LogP) is 2.36. The van der Waals surface area contributed by atoms with Gasteiger partial charge < -0.3 is 10.2 Å². The molecule has 2 aliphatic heterocycles. The van der Waals surface area contributed by atoms with Crippen LogP contribution in [0.3, 0.4) is 0 Å². The van der Waals surface area contributed by atoms with Crippen molar-refractivity contribution in [3.8, 4) is 0 Å². The quantitative estimate of drug-likeness (QED) is 0.878. The van der Waals surface area contributed by atoms with Crippen molar-refractivity contribution in [1.82, 2.24) is 10.2 Å². The molecule has 2 heterocycles. The van der Waals surface area contributed by atoms with E-state index in [4.69, 9.17) is 0 Å². The Bertz CT molecular complexity index is 394. The molecule has 0 radical (unpaired) electrons. The molecule has 0 amide bonds. The number of nitrogens with one attached hydrogen (secondary N) is 1. The lowest BCUT2D eigenvalue weighted by Crippen LogP contribution is -2.32. The highest BCUT2D eigenvalue weighted by Gasteiger charge is 2.14. The lowest BCUT2D eigenvalue weighted by atomic mass is 9.94. The summed E-state index contributed by atoms with van der Waals surface area (Å²) in [6.07, 6.45) is 6.65. The first-order chi connectivity index (χ1) is 8.93. The van der Waals surface area contributed by atoms with Crippen molar-refractivity contribution in [2.75, 3.05) is 26.2 Å². The number of likely N-dealkylation sites (tertiary alicyclic amines) is 1. The van der Waals surface area contributed by atoms with E-state index in [1.165, 1.54) is 51.7 Å². The van der Waals surface area contributed by atoms with Gasteiger partial charge in [-0.05, 0) is 62.0 Å². The average molecular weight is 244 g/mol. The third kappa shape index (κ3) is 2.76. The highest BCUT2D eigenvalue weighted by molar-refractivity contribution is 5.37. The van der Waals surface area contributed by atoms with Gasteiger partial charge in [0.2, 0.25) is 0 Å². The Kier molecular flexibility index (Phi) is 3.96. The van der Waals surface area contributed by atoms with E-state index in [9.17, 15) is 0 Å². The van der Waals surface area contributed by atoms with E-state index in [1.54, 1.807) is 16.7 Å². The van der Waals surface area contributed by atoms with Crippen molar-refractivity contribution < 1.29 is 0 Å². The summed E-state index contributed by atoms with van der Waals surface area (Å²) in [6, 6.07) is 6.88. The Hall–Kier alpha value is -0.860. The first-order valence-corrected chi connectivity index (χ1v) is 7.46. The van der Waals surface area contributed by atoms with Gasteiger partial charge in [0.25, 0.3) is 0 Å². The molecule has 0 saturated carbocycles. The second kappa shape index (κ2) is 5.85. The molecule has 1 saturated heterocycles. The van der Waals surface area contributed by atoms with Crippen LogP contribution in [-0.2, 0) is 19.4 Å². The van der Waals surface area contributed by atoms with Gasteiger partial charge in [-0.3, -0.25) is 0 Å². The summed E-state index contributed by atoms with van der Waals surface area (Å²) >= 11 is 0. The molecule has 0 spiro atoms. The summed E-state index contributed by atoms with van der Waals surface area (Å²) < 4.78 is 0.